The number of aromatic amines is 2. The van der Waals surface area contributed by atoms with Crippen molar-refractivity contribution in [3.63, 3.8) is 0 Å². The number of hydrogen-bond donors (Lipinski definition) is 2. The number of piperidine rings is 1. The van der Waals surface area contributed by atoms with E-state index < -0.39 is 11.2 Å². The third-order valence-electron chi connectivity index (χ3n) is 4.23. The smallest absolute Gasteiger partial charge is 0.326 e. The second-order valence-corrected chi connectivity index (χ2v) is 5.85. The summed E-state index contributed by atoms with van der Waals surface area (Å²) < 4.78 is 0. The number of H-pyrrole nitrogens is 2. The first kappa shape index (κ1) is 16.0. The van der Waals surface area contributed by atoms with Crippen LogP contribution in [0.4, 0.5) is 5.82 Å². The van der Waals surface area contributed by atoms with E-state index in [0.717, 1.165) is 31.3 Å². The molecule has 8 heteroatoms. The number of nitrogens with zero attached hydrogens (tertiary/aromatic N) is 3. The number of carbonyl (C=O) groups is 1. The molecule has 8 nitrogen and oxygen atoms in total. The maximum atomic E-state index is 12.6. The maximum Gasteiger partial charge on any atom is 0.326 e. The molecule has 0 aliphatic carbocycles. The molecule has 0 aromatic carbocycles. The molecule has 3 heterocycles. The number of amides is 1. The highest BCUT2D eigenvalue weighted by molar-refractivity contribution is 5.92. The van der Waals surface area contributed by atoms with Gasteiger partial charge in [-0.2, -0.15) is 0 Å². The molecule has 0 spiro atoms. The normalized spacial score (nSPS) is 17.5. The van der Waals surface area contributed by atoms with Crippen LogP contribution in [0.1, 0.15) is 23.3 Å². The summed E-state index contributed by atoms with van der Waals surface area (Å²) in [5.41, 5.74) is -1.27. The molecule has 0 bridgehead atoms. The molecule has 1 aliphatic rings. The van der Waals surface area contributed by atoms with E-state index in [1.165, 1.54) is 0 Å². The summed E-state index contributed by atoms with van der Waals surface area (Å²) in [4.78, 5) is 47.8. The van der Waals surface area contributed by atoms with Crippen molar-refractivity contribution in [2.75, 3.05) is 25.0 Å². The Hall–Kier alpha value is -2.90. The van der Waals surface area contributed by atoms with Gasteiger partial charge in [0.25, 0.3) is 11.5 Å². The highest BCUT2D eigenvalue weighted by Gasteiger charge is 2.27. The Morgan fingerprint density at radius 2 is 2.17 bits per heavy atom. The second-order valence-electron chi connectivity index (χ2n) is 5.85. The van der Waals surface area contributed by atoms with Crippen LogP contribution >= 0.6 is 0 Å². The van der Waals surface area contributed by atoms with Crippen LogP contribution in [0.2, 0.25) is 0 Å². The zero-order valence-corrected chi connectivity index (χ0v) is 13.4. The summed E-state index contributed by atoms with van der Waals surface area (Å²) in [5, 5.41) is 0. The van der Waals surface area contributed by atoms with Gasteiger partial charge in [-0.1, -0.05) is 6.07 Å². The summed E-state index contributed by atoms with van der Waals surface area (Å²) in [6.45, 7) is 1.55. The molecule has 0 saturated carbocycles. The Balaban J connectivity index is 1.76. The van der Waals surface area contributed by atoms with Crippen molar-refractivity contribution in [2.45, 2.75) is 18.9 Å². The van der Waals surface area contributed by atoms with E-state index in [1.807, 2.05) is 18.2 Å². The quantitative estimate of drug-likeness (QED) is 0.837. The molecule has 1 fully saturated rings. The number of hydrogen-bond acceptors (Lipinski definition) is 5. The van der Waals surface area contributed by atoms with Crippen molar-refractivity contribution in [3.05, 3.63) is 57.0 Å². The molecular formula is C16H19N5O3. The van der Waals surface area contributed by atoms with E-state index in [0.29, 0.717) is 6.54 Å². The molecule has 1 atom stereocenters. The standard InChI is InChI=1S/C16H19N5O3/c1-20(15(23)12-9-14(22)19-16(24)18-12)11-5-4-8-21(10-11)13-6-2-3-7-17-13/h2-3,6-7,9,11H,4-5,8,10H2,1H3,(H2,18,19,22,24). The van der Waals surface area contributed by atoms with Crippen LogP contribution in [0.15, 0.2) is 40.1 Å². The van der Waals surface area contributed by atoms with Crippen LogP contribution < -0.4 is 16.1 Å². The van der Waals surface area contributed by atoms with Gasteiger partial charge >= 0.3 is 5.69 Å². The van der Waals surface area contributed by atoms with Gasteiger partial charge < -0.3 is 14.8 Å². The van der Waals surface area contributed by atoms with Crippen molar-refractivity contribution in [3.8, 4) is 0 Å². The maximum absolute atomic E-state index is 12.6. The SMILES string of the molecule is CN(C(=O)c1cc(=O)[nH]c(=O)[nH]1)C1CCCN(c2ccccn2)C1. The van der Waals surface area contributed by atoms with Crippen LogP contribution in [0, 0.1) is 0 Å². The lowest BCUT2D eigenvalue weighted by atomic mass is 10.0. The molecule has 2 aromatic heterocycles. The Labute approximate surface area is 138 Å². The number of likely N-dealkylation sites (N-methyl/N-ethyl adjacent to an activating group) is 1. The van der Waals surface area contributed by atoms with Gasteiger partial charge in [-0.05, 0) is 25.0 Å². The fourth-order valence-electron chi connectivity index (χ4n) is 2.96. The Morgan fingerprint density at radius 3 is 2.88 bits per heavy atom. The molecule has 2 N–H and O–H groups in total. The summed E-state index contributed by atoms with van der Waals surface area (Å²) in [6, 6.07) is 6.83. The summed E-state index contributed by atoms with van der Waals surface area (Å²) >= 11 is 0. The van der Waals surface area contributed by atoms with Crippen LogP contribution in [-0.2, 0) is 0 Å². The minimum absolute atomic E-state index is 0.00112. The first-order valence-electron chi connectivity index (χ1n) is 7.81. The van der Waals surface area contributed by atoms with Gasteiger partial charge in [0.15, 0.2) is 0 Å². The van der Waals surface area contributed by atoms with Gasteiger partial charge in [0.1, 0.15) is 11.5 Å². The van der Waals surface area contributed by atoms with E-state index in [1.54, 1.807) is 18.1 Å². The van der Waals surface area contributed by atoms with Crippen molar-refractivity contribution in [1.29, 1.82) is 0 Å². The first-order chi connectivity index (χ1) is 11.5. The van der Waals surface area contributed by atoms with Crippen LogP contribution in [0.3, 0.4) is 0 Å². The minimum atomic E-state index is -0.682. The van der Waals surface area contributed by atoms with Gasteiger partial charge in [-0.15, -0.1) is 0 Å². The minimum Gasteiger partial charge on any atom is -0.355 e. The number of anilines is 1. The second kappa shape index (κ2) is 6.69. The summed E-state index contributed by atoms with van der Waals surface area (Å²) in [5.74, 6) is 0.513. The number of carbonyl (C=O) groups excluding carboxylic acids is 1. The molecule has 1 saturated heterocycles. The summed E-state index contributed by atoms with van der Waals surface area (Å²) in [6.07, 6.45) is 3.54. The van der Waals surface area contributed by atoms with Crippen molar-refractivity contribution in [2.24, 2.45) is 0 Å². The average molecular weight is 329 g/mol. The monoisotopic (exact) mass is 329 g/mol. The molecule has 0 radical (unpaired) electrons. The molecule has 126 valence electrons. The Morgan fingerprint density at radius 1 is 1.33 bits per heavy atom. The molecule has 1 amide bonds. The third kappa shape index (κ3) is 3.37. The third-order valence-corrected chi connectivity index (χ3v) is 4.23. The zero-order chi connectivity index (χ0) is 17.1. The number of pyridine rings is 1. The highest BCUT2D eigenvalue weighted by atomic mass is 16.2. The average Bonchev–Trinajstić information content (AvgIpc) is 2.60. The predicted octanol–water partition coefficient (Wildman–Crippen LogP) is 0.199. The Kier molecular flexibility index (Phi) is 4.45. The van der Waals surface area contributed by atoms with Crippen molar-refractivity contribution in [1.82, 2.24) is 19.9 Å². The van der Waals surface area contributed by atoms with E-state index in [-0.39, 0.29) is 17.6 Å². The molecule has 24 heavy (non-hydrogen) atoms. The first-order valence-corrected chi connectivity index (χ1v) is 7.81. The lowest BCUT2D eigenvalue weighted by molar-refractivity contribution is 0.0710. The van der Waals surface area contributed by atoms with Gasteiger partial charge in [0.2, 0.25) is 0 Å². The van der Waals surface area contributed by atoms with E-state index >= 15 is 0 Å². The lowest BCUT2D eigenvalue weighted by Gasteiger charge is -2.38. The molecule has 3 rings (SSSR count). The highest BCUT2D eigenvalue weighted by Crippen LogP contribution is 2.20. The van der Waals surface area contributed by atoms with Crippen LogP contribution in [-0.4, -0.2) is 51.9 Å². The fourth-order valence-corrected chi connectivity index (χ4v) is 2.96. The molecule has 1 aliphatic heterocycles. The van der Waals surface area contributed by atoms with Gasteiger partial charge in [-0.3, -0.25) is 14.6 Å². The zero-order valence-electron chi connectivity index (χ0n) is 13.4. The summed E-state index contributed by atoms with van der Waals surface area (Å²) in [7, 11) is 1.69. The topological polar surface area (TPSA) is 102 Å². The van der Waals surface area contributed by atoms with Crippen LogP contribution in [0.5, 0.6) is 0 Å². The van der Waals surface area contributed by atoms with Gasteiger partial charge in [0, 0.05) is 38.4 Å². The molecule has 2 aromatic rings. The van der Waals surface area contributed by atoms with E-state index in [4.69, 9.17) is 0 Å². The van der Waals surface area contributed by atoms with E-state index in [9.17, 15) is 14.4 Å². The van der Waals surface area contributed by atoms with Crippen molar-refractivity contribution < 1.29 is 4.79 Å². The van der Waals surface area contributed by atoms with Crippen LogP contribution in [0.25, 0.3) is 0 Å². The van der Waals surface area contributed by atoms with Crippen molar-refractivity contribution >= 4 is 11.7 Å². The van der Waals surface area contributed by atoms with E-state index in [2.05, 4.69) is 19.9 Å². The Bertz CT molecular complexity index is 801. The van der Waals surface area contributed by atoms with Gasteiger partial charge in [-0.25, -0.2) is 9.78 Å². The number of aromatic nitrogens is 3. The fraction of sp³-hybridized carbons (Fsp3) is 0.375. The molecular weight excluding hydrogens is 310 g/mol. The lowest BCUT2D eigenvalue weighted by Crippen LogP contribution is -2.49. The van der Waals surface area contributed by atoms with Gasteiger partial charge in [0.05, 0.1) is 0 Å². The predicted molar refractivity (Wildman–Crippen MR) is 89.2 cm³/mol. The number of nitrogens with one attached hydrogen (secondary N) is 2. The number of rotatable bonds is 3. The largest absolute Gasteiger partial charge is 0.355 e. The molecule has 1 unspecified atom stereocenters.